The zero-order valence-electron chi connectivity index (χ0n) is 15.2. The summed E-state index contributed by atoms with van der Waals surface area (Å²) in [6.45, 7) is 4.92. The van der Waals surface area contributed by atoms with E-state index in [1.54, 1.807) is 0 Å². The van der Waals surface area contributed by atoms with E-state index in [0.717, 1.165) is 37.0 Å². The zero-order chi connectivity index (χ0) is 16.5. The molecule has 2 nitrogen and oxygen atoms in total. The lowest BCUT2D eigenvalue weighted by Gasteiger charge is -2.60. The van der Waals surface area contributed by atoms with Crippen LogP contribution < -0.4 is 0 Å². The van der Waals surface area contributed by atoms with Crippen molar-refractivity contribution in [2.75, 3.05) is 6.26 Å². The normalized spacial score (nSPS) is 53.3. The van der Waals surface area contributed by atoms with Crippen molar-refractivity contribution in [1.82, 2.24) is 0 Å². The lowest BCUT2D eigenvalue weighted by atomic mass is 9.45. The maximum absolute atomic E-state index is 12.3. The van der Waals surface area contributed by atoms with E-state index in [1.807, 2.05) is 0 Å². The third kappa shape index (κ3) is 2.28. The van der Waals surface area contributed by atoms with Crippen molar-refractivity contribution in [2.24, 2.45) is 34.5 Å². The van der Waals surface area contributed by atoms with Crippen LogP contribution in [0.2, 0.25) is 0 Å². The van der Waals surface area contributed by atoms with Crippen LogP contribution in [0.3, 0.4) is 0 Å². The Morgan fingerprint density at radius 1 is 0.783 bits per heavy atom. The summed E-state index contributed by atoms with van der Waals surface area (Å²) in [6, 6.07) is 0. The van der Waals surface area contributed by atoms with Gasteiger partial charge in [-0.15, -0.1) is 0 Å². The van der Waals surface area contributed by atoms with E-state index in [0.29, 0.717) is 11.3 Å². The van der Waals surface area contributed by atoms with Crippen molar-refractivity contribution in [2.45, 2.75) is 83.3 Å². The Morgan fingerprint density at radius 2 is 1.52 bits per heavy atom. The van der Waals surface area contributed by atoms with Gasteiger partial charge in [0.1, 0.15) is 0 Å². The second-order valence-electron chi connectivity index (χ2n) is 9.84. The molecule has 23 heavy (non-hydrogen) atoms. The first-order chi connectivity index (χ1) is 10.8. The lowest BCUT2D eigenvalue weighted by molar-refractivity contribution is -0.102. The predicted molar refractivity (Wildman–Crippen MR) is 95.0 cm³/mol. The summed E-state index contributed by atoms with van der Waals surface area (Å²) in [5.74, 6) is 3.30. The largest absolute Gasteiger partial charge is 0.229 e. The van der Waals surface area contributed by atoms with Gasteiger partial charge in [0.15, 0.2) is 9.84 Å². The average molecular weight is 339 g/mol. The van der Waals surface area contributed by atoms with Crippen LogP contribution in [-0.4, -0.2) is 19.9 Å². The van der Waals surface area contributed by atoms with Gasteiger partial charge in [0, 0.05) is 6.26 Å². The Bertz CT molecular complexity index is 582. The molecule has 3 heteroatoms. The molecule has 0 aromatic rings. The molecule has 0 bridgehead atoms. The van der Waals surface area contributed by atoms with Gasteiger partial charge in [0.05, 0.1) is 5.25 Å². The van der Waals surface area contributed by atoms with Gasteiger partial charge in [-0.25, -0.2) is 8.42 Å². The molecule has 0 spiro atoms. The molecular weight excluding hydrogens is 304 g/mol. The molecule has 0 aliphatic heterocycles. The highest BCUT2D eigenvalue weighted by Gasteiger charge is 2.61. The lowest BCUT2D eigenvalue weighted by Crippen LogP contribution is -2.53. The van der Waals surface area contributed by atoms with Crippen LogP contribution in [0.4, 0.5) is 0 Å². The van der Waals surface area contributed by atoms with Crippen LogP contribution in [0.15, 0.2) is 0 Å². The average Bonchev–Trinajstić information content (AvgIpc) is 2.84. The number of hydrogen-bond acceptors (Lipinski definition) is 2. The summed E-state index contributed by atoms with van der Waals surface area (Å²) >= 11 is 0. The molecule has 4 aliphatic carbocycles. The summed E-state index contributed by atoms with van der Waals surface area (Å²) < 4.78 is 24.7. The molecule has 0 aromatic carbocycles. The topological polar surface area (TPSA) is 34.1 Å². The molecule has 4 saturated carbocycles. The van der Waals surface area contributed by atoms with Crippen molar-refractivity contribution in [3.8, 4) is 0 Å². The highest BCUT2D eigenvalue weighted by atomic mass is 32.2. The van der Waals surface area contributed by atoms with Crippen molar-refractivity contribution in [1.29, 1.82) is 0 Å². The molecule has 0 radical (unpaired) electrons. The van der Waals surface area contributed by atoms with E-state index in [1.165, 1.54) is 51.2 Å². The molecule has 4 fully saturated rings. The van der Waals surface area contributed by atoms with Crippen molar-refractivity contribution < 1.29 is 8.42 Å². The standard InChI is InChI=1S/C20H34O2S/c1-19-12-5-4-6-14(19)7-8-15-16-9-10-18(23(3,21)22)20(16,2)13-11-17(15)19/h14-18H,4-13H2,1-3H3/t14?,15-,16-,17+,18?,19-,20-/m0/s1. The van der Waals surface area contributed by atoms with Crippen LogP contribution in [0.5, 0.6) is 0 Å². The Labute approximate surface area is 142 Å². The predicted octanol–water partition coefficient (Wildman–Crippen LogP) is 4.83. The minimum Gasteiger partial charge on any atom is -0.229 e. The first-order valence-electron chi connectivity index (χ1n) is 9.96. The monoisotopic (exact) mass is 338 g/mol. The van der Waals surface area contributed by atoms with E-state index in [-0.39, 0.29) is 10.7 Å². The molecule has 0 amide bonds. The Kier molecular flexibility index (Phi) is 3.73. The molecule has 0 saturated heterocycles. The first-order valence-corrected chi connectivity index (χ1v) is 11.9. The molecule has 4 aliphatic rings. The second-order valence-corrected chi connectivity index (χ2v) is 12.1. The van der Waals surface area contributed by atoms with E-state index in [4.69, 9.17) is 0 Å². The molecule has 0 N–H and O–H groups in total. The maximum Gasteiger partial charge on any atom is 0.150 e. The Morgan fingerprint density at radius 3 is 2.26 bits per heavy atom. The van der Waals surface area contributed by atoms with Gasteiger partial charge in [0.25, 0.3) is 0 Å². The Balaban J connectivity index is 1.65. The van der Waals surface area contributed by atoms with Gasteiger partial charge in [-0.1, -0.05) is 26.7 Å². The van der Waals surface area contributed by atoms with E-state index >= 15 is 0 Å². The SMILES string of the molecule is C[C@]12CCCCC1CC[C@@H]1[C@H]2CC[C@]2(C)C(S(C)(=O)=O)CC[C@@H]12. The minimum absolute atomic E-state index is 0.0621. The van der Waals surface area contributed by atoms with Gasteiger partial charge < -0.3 is 0 Å². The van der Waals surface area contributed by atoms with Crippen LogP contribution in [0.25, 0.3) is 0 Å². The number of sulfone groups is 1. The summed E-state index contributed by atoms with van der Waals surface area (Å²) in [7, 11) is -2.91. The third-order valence-electron chi connectivity index (χ3n) is 9.01. The number of fused-ring (bicyclic) bond motifs is 5. The van der Waals surface area contributed by atoms with Gasteiger partial charge >= 0.3 is 0 Å². The van der Waals surface area contributed by atoms with Crippen LogP contribution in [0, 0.1) is 34.5 Å². The number of hydrogen-bond donors (Lipinski definition) is 0. The van der Waals surface area contributed by atoms with Crippen LogP contribution in [-0.2, 0) is 9.84 Å². The number of rotatable bonds is 1. The fourth-order valence-electron chi connectivity index (χ4n) is 7.95. The smallest absolute Gasteiger partial charge is 0.150 e. The van der Waals surface area contributed by atoms with Crippen molar-refractivity contribution in [3.63, 3.8) is 0 Å². The molecule has 4 rings (SSSR count). The van der Waals surface area contributed by atoms with Gasteiger partial charge in [-0.2, -0.15) is 0 Å². The summed E-state index contributed by atoms with van der Waals surface area (Å²) in [6.07, 6.45) is 14.5. The third-order valence-corrected chi connectivity index (χ3v) is 10.8. The van der Waals surface area contributed by atoms with Gasteiger partial charge in [-0.3, -0.25) is 0 Å². The highest BCUT2D eigenvalue weighted by molar-refractivity contribution is 7.91. The van der Waals surface area contributed by atoms with Crippen LogP contribution >= 0.6 is 0 Å². The van der Waals surface area contributed by atoms with Gasteiger partial charge in [0.2, 0.25) is 0 Å². The van der Waals surface area contributed by atoms with Crippen molar-refractivity contribution >= 4 is 9.84 Å². The molecule has 132 valence electrons. The quantitative estimate of drug-likeness (QED) is 0.686. The molecule has 2 unspecified atom stereocenters. The fraction of sp³-hybridized carbons (Fsp3) is 1.00. The molecular formula is C20H34O2S. The zero-order valence-corrected chi connectivity index (χ0v) is 16.0. The molecule has 0 aromatic heterocycles. The summed E-state index contributed by atoms with van der Waals surface area (Å²) in [5, 5.41) is -0.0714. The Hall–Kier alpha value is -0.0500. The summed E-state index contributed by atoms with van der Waals surface area (Å²) in [4.78, 5) is 0. The van der Waals surface area contributed by atoms with Gasteiger partial charge in [-0.05, 0) is 85.9 Å². The van der Waals surface area contributed by atoms with E-state index < -0.39 is 9.84 Å². The maximum atomic E-state index is 12.3. The fourth-order valence-corrected chi connectivity index (χ4v) is 9.79. The highest BCUT2D eigenvalue weighted by Crippen LogP contribution is 2.66. The van der Waals surface area contributed by atoms with E-state index in [9.17, 15) is 8.42 Å². The van der Waals surface area contributed by atoms with Crippen molar-refractivity contribution in [3.05, 3.63) is 0 Å². The van der Waals surface area contributed by atoms with Crippen LogP contribution in [0.1, 0.15) is 78.1 Å². The molecule has 0 heterocycles. The molecule has 7 atom stereocenters. The van der Waals surface area contributed by atoms with E-state index in [2.05, 4.69) is 13.8 Å². The first kappa shape index (κ1) is 16.4. The second kappa shape index (κ2) is 5.22. The summed E-state index contributed by atoms with van der Waals surface area (Å²) in [5.41, 5.74) is 0.623. The minimum atomic E-state index is -2.91.